The number of primary amides is 1. The highest BCUT2D eigenvalue weighted by Gasteiger charge is 2.31. The molecule has 2 heterocycles. The van der Waals surface area contributed by atoms with Gasteiger partial charge in [0.05, 0.1) is 18.9 Å². The number of rotatable bonds is 21. The zero-order chi connectivity index (χ0) is 45.5. The molecule has 0 aliphatic rings. The molecule has 18 nitrogen and oxygen atoms in total. The zero-order valence-corrected chi connectivity index (χ0v) is 35.8. The summed E-state index contributed by atoms with van der Waals surface area (Å²) in [5.41, 5.74) is 25.5. The number of carbonyl (C=O) groups excluding carboxylic acids is 6. The van der Waals surface area contributed by atoms with Crippen molar-refractivity contribution >= 4 is 46.5 Å². The number of fused-ring (bicyclic) bond motifs is 1. The van der Waals surface area contributed by atoms with Crippen LogP contribution in [0.2, 0.25) is 0 Å². The van der Waals surface area contributed by atoms with E-state index >= 15 is 0 Å². The second-order valence-electron chi connectivity index (χ2n) is 15.6. The van der Waals surface area contributed by atoms with Crippen LogP contribution in [0.5, 0.6) is 0 Å². The fourth-order valence-corrected chi connectivity index (χ4v) is 7.10. The van der Waals surface area contributed by atoms with Crippen LogP contribution in [-0.2, 0) is 49.8 Å². The highest BCUT2D eigenvalue weighted by molar-refractivity contribution is 5.95. The lowest BCUT2D eigenvalue weighted by atomic mass is 10.0. The summed E-state index contributed by atoms with van der Waals surface area (Å²) in [6.07, 6.45) is 6.43. The van der Waals surface area contributed by atoms with E-state index in [9.17, 15) is 28.8 Å². The lowest BCUT2D eigenvalue weighted by Gasteiger charge is -2.29. The minimum atomic E-state index is -1.24. The van der Waals surface area contributed by atoms with Crippen LogP contribution in [0.3, 0.4) is 0 Å². The van der Waals surface area contributed by atoms with Crippen LogP contribution < -0.4 is 43.9 Å². The lowest BCUT2D eigenvalue weighted by Crippen LogP contribution is -2.60. The van der Waals surface area contributed by atoms with Gasteiger partial charge < -0.3 is 48.4 Å². The number of H-pyrrole nitrogens is 2. The van der Waals surface area contributed by atoms with E-state index in [-0.39, 0.29) is 32.2 Å². The molecular weight excluding hydrogens is 805 g/mol. The summed E-state index contributed by atoms with van der Waals surface area (Å²) >= 11 is 0. The Balaban J connectivity index is 1.37. The van der Waals surface area contributed by atoms with Gasteiger partial charge in [0.1, 0.15) is 24.2 Å². The second-order valence-corrected chi connectivity index (χ2v) is 15.6. The van der Waals surface area contributed by atoms with Gasteiger partial charge in [0.2, 0.25) is 23.6 Å². The van der Waals surface area contributed by atoms with E-state index in [1.807, 2.05) is 62.4 Å². The molecule has 7 amide bonds. The van der Waals surface area contributed by atoms with E-state index in [0.29, 0.717) is 25.1 Å². The van der Waals surface area contributed by atoms with Crippen LogP contribution in [0.4, 0.5) is 4.79 Å². The fraction of sp³-hybridized carbons (Fsp3) is 0.356. The standard InChI is InChI=1S/C45H58N12O6/c1-27-12-11-13-28(2)34(27)25-57(45(63)55-38(20-30-14-5-4-6-15-30)44(62)53-37(40(48)58)18-9-10-19-46)56-41(59)29(3)52-43(61)39(21-31-23-50-36-17-8-7-16-33(31)36)54-42(60)35(47)22-32-24-49-26-51-32/h4-8,11-17,23-24,26,29,35,37-39,50H,9-10,18-22,25,46-47H2,1-3H3,(H2,48,58)(H,49,51)(H,52,61)(H,53,62)(H,54,60)(H,55,63)(H,56,59)/t29-,35-,37-,38+,39+/m0/s1. The van der Waals surface area contributed by atoms with Crippen molar-refractivity contribution in [3.63, 3.8) is 0 Å². The highest BCUT2D eigenvalue weighted by atomic mass is 16.2. The van der Waals surface area contributed by atoms with Gasteiger partial charge >= 0.3 is 6.03 Å². The van der Waals surface area contributed by atoms with E-state index in [4.69, 9.17) is 17.2 Å². The number of hydrogen-bond donors (Lipinski definition) is 10. The van der Waals surface area contributed by atoms with Gasteiger partial charge in [-0.2, -0.15) is 0 Å². The zero-order valence-electron chi connectivity index (χ0n) is 35.8. The average molecular weight is 863 g/mol. The maximum absolute atomic E-state index is 14.3. The molecule has 0 unspecified atom stereocenters. The molecule has 0 saturated carbocycles. The fourth-order valence-electron chi connectivity index (χ4n) is 7.10. The molecule has 0 saturated heterocycles. The molecule has 18 heteroatoms. The monoisotopic (exact) mass is 862 g/mol. The highest BCUT2D eigenvalue weighted by Crippen LogP contribution is 2.20. The van der Waals surface area contributed by atoms with E-state index in [0.717, 1.165) is 43.7 Å². The first-order valence-corrected chi connectivity index (χ1v) is 20.9. The summed E-state index contributed by atoms with van der Waals surface area (Å²) in [4.78, 5) is 92.1. The maximum Gasteiger partial charge on any atom is 0.337 e. The number of aromatic amines is 2. The normalized spacial score (nSPS) is 13.5. The molecule has 5 atom stereocenters. The van der Waals surface area contributed by atoms with Crippen LogP contribution in [0.1, 0.15) is 59.7 Å². The molecule has 0 aliphatic heterocycles. The van der Waals surface area contributed by atoms with Gasteiger partial charge in [0.15, 0.2) is 0 Å². The number of urea groups is 1. The molecule has 0 bridgehead atoms. The quantitative estimate of drug-likeness (QED) is 0.0378. The van der Waals surface area contributed by atoms with E-state index < -0.39 is 65.8 Å². The Kier molecular flexibility index (Phi) is 16.9. The maximum atomic E-state index is 14.3. The molecule has 0 radical (unpaired) electrons. The molecule has 5 rings (SSSR count). The van der Waals surface area contributed by atoms with Crippen LogP contribution >= 0.6 is 0 Å². The molecule has 13 N–H and O–H groups in total. The van der Waals surface area contributed by atoms with Crippen molar-refractivity contribution in [2.75, 3.05) is 6.54 Å². The van der Waals surface area contributed by atoms with Gasteiger partial charge in [-0.25, -0.2) is 14.8 Å². The summed E-state index contributed by atoms with van der Waals surface area (Å²) in [6.45, 7) is 5.46. The smallest absolute Gasteiger partial charge is 0.337 e. The minimum Gasteiger partial charge on any atom is -0.368 e. The summed E-state index contributed by atoms with van der Waals surface area (Å²) in [5, 5.41) is 12.8. The van der Waals surface area contributed by atoms with Gasteiger partial charge in [-0.05, 0) is 80.5 Å². The number of para-hydroxylation sites is 1. The third kappa shape index (κ3) is 13.5. The van der Waals surface area contributed by atoms with Crippen molar-refractivity contribution in [1.29, 1.82) is 0 Å². The molecule has 3 aromatic carbocycles. The van der Waals surface area contributed by atoms with E-state index in [2.05, 4.69) is 41.6 Å². The molecule has 0 spiro atoms. The van der Waals surface area contributed by atoms with Crippen LogP contribution in [0.25, 0.3) is 10.9 Å². The van der Waals surface area contributed by atoms with E-state index in [1.54, 1.807) is 36.7 Å². The number of hydrazine groups is 1. The van der Waals surface area contributed by atoms with Crippen LogP contribution in [0.15, 0.2) is 91.5 Å². The van der Waals surface area contributed by atoms with Crippen molar-refractivity contribution in [1.82, 2.24) is 46.7 Å². The predicted octanol–water partition coefficient (Wildman–Crippen LogP) is 1.56. The number of unbranched alkanes of at least 4 members (excludes halogenated alkanes) is 1. The van der Waals surface area contributed by atoms with Crippen LogP contribution in [0, 0.1) is 13.8 Å². The number of aryl methyl sites for hydroxylation is 2. The first kappa shape index (κ1) is 47.0. The third-order valence-electron chi connectivity index (χ3n) is 10.8. The Hall–Kier alpha value is -7.05. The number of nitrogens with one attached hydrogen (secondary N) is 7. The first-order chi connectivity index (χ1) is 30.2. The molecule has 334 valence electrons. The van der Waals surface area contributed by atoms with Crippen molar-refractivity contribution < 1.29 is 28.8 Å². The predicted molar refractivity (Wildman–Crippen MR) is 238 cm³/mol. The summed E-state index contributed by atoms with van der Waals surface area (Å²) < 4.78 is 0. The number of aromatic nitrogens is 3. The van der Waals surface area contributed by atoms with Gasteiger partial charge in [0.25, 0.3) is 5.91 Å². The molecule has 5 aromatic rings. The van der Waals surface area contributed by atoms with Crippen molar-refractivity contribution in [2.45, 2.75) is 96.1 Å². The number of benzene rings is 3. The number of amides is 7. The number of imidazole rings is 1. The summed E-state index contributed by atoms with van der Waals surface area (Å²) in [7, 11) is 0. The third-order valence-corrected chi connectivity index (χ3v) is 10.8. The molecule has 63 heavy (non-hydrogen) atoms. The molecule has 0 aliphatic carbocycles. The molecule has 0 fully saturated rings. The Morgan fingerprint density at radius 2 is 1.40 bits per heavy atom. The number of nitrogens with zero attached hydrogens (tertiary/aromatic N) is 2. The van der Waals surface area contributed by atoms with Gasteiger partial charge in [0, 0.05) is 48.3 Å². The van der Waals surface area contributed by atoms with Crippen molar-refractivity contribution in [3.05, 3.63) is 125 Å². The van der Waals surface area contributed by atoms with Crippen LogP contribution in [-0.4, -0.2) is 92.3 Å². The number of carbonyl (C=O) groups is 6. The SMILES string of the molecule is Cc1cccc(C)c1CN(NC(=O)[C@H](C)NC(=O)[C@@H](Cc1c[nH]c2ccccc12)NC(=O)[C@@H](N)Cc1cnc[nH]1)C(=O)N[C@H](Cc1ccccc1)C(=O)N[C@@H](CCCCN)C(N)=O. The Bertz CT molecular complexity index is 2310. The summed E-state index contributed by atoms with van der Waals surface area (Å²) in [5.74, 6) is -3.42. The Morgan fingerprint density at radius 1 is 0.730 bits per heavy atom. The van der Waals surface area contributed by atoms with Gasteiger partial charge in [-0.1, -0.05) is 66.7 Å². The van der Waals surface area contributed by atoms with Gasteiger partial charge in [-0.15, -0.1) is 0 Å². The summed E-state index contributed by atoms with van der Waals surface area (Å²) in [6, 6.07) is 15.6. The minimum absolute atomic E-state index is 0.0411. The van der Waals surface area contributed by atoms with Crippen molar-refractivity contribution in [3.8, 4) is 0 Å². The largest absolute Gasteiger partial charge is 0.368 e. The molecular formula is C45H58N12O6. The van der Waals surface area contributed by atoms with E-state index in [1.165, 1.54) is 13.3 Å². The molecule has 2 aromatic heterocycles. The number of nitrogens with two attached hydrogens (primary N) is 3. The first-order valence-electron chi connectivity index (χ1n) is 20.9. The second kappa shape index (κ2) is 22.7. The topological polar surface area (TPSA) is 288 Å². The van der Waals surface area contributed by atoms with Crippen molar-refractivity contribution in [2.24, 2.45) is 17.2 Å². The average Bonchev–Trinajstić information content (AvgIpc) is 3.93. The Labute approximate surface area is 365 Å². The number of hydrogen-bond acceptors (Lipinski definition) is 9. The lowest BCUT2D eigenvalue weighted by molar-refractivity contribution is -0.133. The Morgan fingerprint density at radius 3 is 2.08 bits per heavy atom. The van der Waals surface area contributed by atoms with Gasteiger partial charge in [-0.3, -0.25) is 29.4 Å².